The average Bonchev–Trinajstić information content (AvgIpc) is 2.85. The molecule has 0 bridgehead atoms. The van der Waals surface area contributed by atoms with E-state index in [0.717, 1.165) is 30.0 Å². The van der Waals surface area contributed by atoms with Crippen molar-refractivity contribution in [2.24, 2.45) is 0 Å². The minimum atomic E-state index is 0.349. The van der Waals surface area contributed by atoms with Gasteiger partial charge in [-0.15, -0.1) is 0 Å². The summed E-state index contributed by atoms with van der Waals surface area (Å²) in [7, 11) is 0. The molecule has 0 saturated carbocycles. The third-order valence-electron chi connectivity index (χ3n) is 2.85. The lowest BCUT2D eigenvalue weighted by atomic mass is 10.2. The van der Waals surface area contributed by atoms with Crippen LogP contribution in [0.4, 0.5) is 0 Å². The van der Waals surface area contributed by atoms with Crippen LogP contribution in [0.25, 0.3) is 0 Å². The number of halogens is 1. The quantitative estimate of drug-likeness (QED) is 0.791. The number of benzene rings is 1. The monoisotopic (exact) mass is 294 g/mol. The first-order chi connectivity index (χ1) is 9.70. The predicted molar refractivity (Wildman–Crippen MR) is 79.0 cm³/mol. The Balaban J connectivity index is 2.04. The summed E-state index contributed by atoms with van der Waals surface area (Å²) in [5, 5.41) is 7.88. The minimum Gasteiger partial charge on any atom is -0.485 e. The van der Waals surface area contributed by atoms with Crippen molar-refractivity contribution in [2.45, 2.75) is 33.4 Å². The van der Waals surface area contributed by atoms with E-state index in [9.17, 15) is 0 Å². The van der Waals surface area contributed by atoms with E-state index in [0.29, 0.717) is 23.9 Å². The maximum Gasteiger partial charge on any atom is 0.174 e. The van der Waals surface area contributed by atoms with Crippen molar-refractivity contribution in [3.05, 3.63) is 46.3 Å². The number of nitrogens with one attached hydrogen (secondary N) is 1. The lowest BCUT2D eigenvalue weighted by Gasteiger charge is -2.12. The molecule has 1 N–H and O–H groups in total. The zero-order valence-corrected chi connectivity index (χ0v) is 12.5. The summed E-state index contributed by atoms with van der Waals surface area (Å²) in [5.41, 5.74) is 1.82. The van der Waals surface area contributed by atoms with Crippen LogP contribution in [0.3, 0.4) is 0 Å². The van der Waals surface area contributed by atoms with Crippen LogP contribution in [0.1, 0.15) is 30.4 Å². The summed E-state index contributed by atoms with van der Waals surface area (Å²) >= 11 is 6.24. The summed E-state index contributed by atoms with van der Waals surface area (Å²) in [6, 6.07) is 7.53. The van der Waals surface area contributed by atoms with Gasteiger partial charge in [0.2, 0.25) is 0 Å². The van der Waals surface area contributed by atoms with Crippen molar-refractivity contribution in [1.29, 1.82) is 0 Å². The molecule has 0 atom stereocenters. The Kier molecular flexibility index (Phi) is 5.44. The first-order valence-corrected chi connectivity index (χ1v) is 7.11. The van der Waals surface area contributed by atoms with E-state index in [-0.39, 0.29) is 0 Å². The van der Waals surface area contributed by atoms with Gasteiger partial charge in [0.05, 0.1) is 5.69 Å². The molecule has 108 valence electrons. The highest BCUT2D eigenvalue weighted by Crippen LogP contribution is 2.27. The molecule has 1 aromatic heterocycles. The third-order valence-corrected chi connectivity index (χ3v) is 3.21. The molecule has 5 heteroatoms. The number of aromatic nitrogens is 1. The van der Waals surface area contributed by atoms with Crippen LogP contribution >= 0.6 is 11.6 Å². The van der Waals surface area contributed by atoms with E-state index in [1.54, 1.807) is 0 Å². The predicted octanol–water partition coefficient (Wildman–Crippen LogP) is 3.72. The van der Waals surface area contributed by atoms with Crippen molar-refractivity contribution in [3.63, 3.8) is 0 Å². The van der Waals surface area contributed by atoms with Gasteiger partial charge >= 0.3 is 0 Å². The fraction of sp³-hybridized carbons (Fsp3) is 0.400. The summed E-state index contributed by atoms with van der Waals surface area (Å²) in [5.74, 6) is 1.48. The van der Waals surface area contributed by atoms with Crippen LogP contribution < -0.4 is 10.1 Å². The molecule has 0 saturated heterocycles. The van der Waals surface area contributed by atoms with Crippen LogP contribution in [0.15, 0.2) is 28.8 Å². The average molecular weight is 295 g/mol. The molecule has 2 rings (SSSR count). The maximum atomic E-state index is 6.24. The summed E-state index contributed by atoms with van der Waals surface area (Å²) in [6.45, 7) is 6.00. The van der Waals surface area contributed by atoms with Crippen molar-refractivity contribution >= 4 is 11.6 Å². The van der Waals surface area contributed by atoms with Gasteiger partial charge in [-0.1, -0.05) is 29.7 Å². The number of aryl methyl sites for hydroxylation is 1. The number of nitrogens with zero attached hydrogens (tertiary/aromatic N) is 1. The molecule has 0 radical (unpaired) electrons. The van der Waals surface area contributed by atoms with E-state index < -0.39 is 0 Å². The highest BCUT2D eigenvalue weighted by Gasteiger charge is 2.09. The van der Waals surface area contributed by atoms with Crippen molar-refractivity contribution in [2.75, 3.05) is 6.54 Å². The van der Waals surface area contributed by atoms with Gasteiger partial charge in [0.15, 0.2) is 5.76 Å². The molecule has 0 aliphatic rings. The molecule has 1 aromatic carbocycles. The zero-order chi connectivity index (χ0) is 14.4. The molecular weight excluding hydrogens is 276 g/mol. The van der Waals surface area contributed by atoms with Crippen LogP contribution in [0, 0.1) is 6.92 Å². The normalized spacial score (nSPS) is 10.8. The molecule has 0 aliphatic carbocycles. The summed E-state index contributed by atoms with van der Waals surface area (Å²) < 4.78 is 10.9. The molecule has 1 heterocycles. The first-order valence-electron chi connectivity index (χ1n) is 6.73. The molecule has 20 heavy (non-hydrogen) atoms. The van der Waals surface area contributed by atoms with Crippen LogP contribution in [0.5, 0.6) is 5.75 Å². The minimum absolute atomic E-state index is 0.349. The smallest absolute Gasteiger partial charge is 0.174 e. The molecule has 4 nitrogen and oxygen atoms in total. The topological polar surface area (TPSA) is 47.3 Å². The Hall–Kier alpha value is -1.52. The largest absolute Gasteiger partial charge is 0.485 e. The highest BCUT2D eigenvalue weighted by atomic mass is 35.5. The highest BCUT2D eigenvalue weighted by molar-refractivity contribution is 6.31. The number of hydrogen-bond acceptors (Lipinski definition) is 4. The molecule has 0 fully saturated rings. The van der Waals surface area contributed by atoms with Gasteiger partial charge in [0, 0.05) is 23.2 Å². The molecule has 0 unspecified atom stereocenters. The second kappa shape index (κ2) is 7.31. The van der Waals surface area contributed by atoms with Gasteiger partial charge in [-0.2, -0.15) is 0 Å². The van der Waals surface area contributed by atoms with Gasteiger partial charge in [-0.25, -0.2) is 0 Å². The van der Waals surface area contributed by atoms with E-state index in [1.165, 1.54) is 0 Å². The maximum absolute atomic E-state index is 6.24. The fourth-order valence-electron chi connectivity index (χ4n) is 1.87. The van der Waals surface area contributed by atoms with E-state index in [4.69, 9.17) is 20.9 Å². The fourth-order valence-corrected chi connectivity index (χ4v) is 2.10. The van der Waals surface area contributed by atoms with Gasteiger partial charge in [0.1, 0.15) is 12.4 Å². The number of rotatable bonds is 7. The molecule has 0 amide bonds. The van der Waals surface area contributed by atoms with Crippen molar-refractivity contribution in [1.82, 2.24) is 10.5 Å². The van der Waals surface area contributed by atoms with Gasteiger partial charge in [-0.05, 0) is 32.0 Å². The van der Waals surface area contributed by atoms with E-state index in [1.807, 2.05) is 31.2 Å². The number of ether oxygens (including phenoxy) is 1. The van der Waals surface area contributed by atoms with Gasteiger partial charge in [-0.3, -0.25) is 0 Å². The van der Waals surface area contributed by atoms with Crippen molar-refractivity contribution < 1.29 is 9.26 Å². The van der Waals surface area contributed by atoms with Crippen LogP contribution in [-0.4, -0.2) is 11.7 Å². The molecule has 2 aromatic rings. The molecular formula is C15H19ClN2O2. The summed E-state index contributed by atoms with van der Waals surface area (Å²) in [4.78, 5) is 0. The molecule has 0 aliphatic heterocycles. The molecule has 0 spiro atoms. The van der Waals surface area contributed by atoms with Gasteiger partial charge in [0.25, 0.3) is 0 Å². The first kappa shape index (κ1) is 14.9. The van der Waals surface area contributed by atoms with Gasteiger partial charge < -0.3 is 14.6 Å². The Morgan fingerprint density at radius 2 is 2.25 bits per heavy atom. The van der Waals surface area contributed by atoms with E-state index in [2.05, 4.69) is 17.4 Å². The zero-order valence-electron chi connectivity index (χ0n) is 11.8. The summed E-state index contributed by atoms with van der Waals surface area (Å²) in [6.07, 6.45) is 1.08. The Morgan fingerprint density at radius 3 is 2.95 bits per heavy atom. The second-order valence-corrected chi connectivity index (χ2v) is 5.02. The Bertz CT molecular complexity index is 555. The lowest BCUT2D eigenvalue weighted by molar-refractivity contribution is 0.246. The standard InChI is InChI=1S/C15H19ClN2O2/c1-3-7-17-9-13-14(16)5-4-6-15(13)19-10-12-8-11(2)18-20-12/h4-6,8,17H,3,7,9-10H2,1-2H3. The lowest BCUT2D eigenvalue weighted by Crippen LogP contribution is -2.15. The third kappa shape index (κ3) is 3.99. The SMILES string of the molecule is CCCNCc1c(Cl)cccc1OCc1cc(C)no1. The van der Waals surface area contributed by atoms with E-state index >= 15 is 0 Å². The second-order valence-electron chi connectivity index (χ2n) is 4.62. The van der Waals surface area contributed by atoms with Crippen LogP contribution in [0.2, 0.25) is 5.02 Å². The van der Waals surface area contributed by atoms with Crippen LogP contribution in [-0.2, 0) is 13.2 Å². The number of hydrogen-bond donors (Lipinski definition) is 1. The van der Waals surface area contributed by atoms with Crippen molar-refractivity contribution in [3.8, 4) is 5.75 Å². The Morgan fingerprint density at radius 1 is 1.40 bits per heavy atom. The Labute approximate surface area is 124 Å².